The highest BCUT2D eigenvalue weighted by molar-refractivity contribution is 6.33. The molecule has 0 saturated carbocycles. The molecule has 0 spiro atoms. The van der Waals surface area contributed by atoms with Gasteiger partial charge in [0.25, 0.3) is 0 Å². The second-order valence-electron chi connectivity index (χ2n) is 3.82. The monoisotopic (exact) mass is 265 g/mol. The molecule has 0 atom stereocenters. The number of benzene rings is 1. The Labute approximate surface area is 104 Å². The lowest BCUT2D eigenvalue weighted by Gasteiger charge is -2.21. The van der Waals surface area contributed by atoms with Crippen LogP contribution in [0, 0.1) is 0 Å². The third-order valence-corrected chi connectivity index (χ3v) is 2.97. The van der Waals surface area contributed by atoms with Crippen LogP contribution in [-0.4, -0.2) is 6.04 Å². The van der Waals surface area contributed by atoms with Crippen LogP contribution in [0.5, 0.6) is 0 Å². The van der Waals surface area contributed by atoms with Gasteiger partial charge in [-0.05, 0) is 25.0 Å². The van der Waals surface area contributed by atoms with E-state index in [0.29, 0.717) is 0 Å². The molecule has 17 heavy (non-hydrogen) atoms. The summed E-state index contributed by atoms with van der Waals surface area (Å²) >= 11 is 5.83. The predicted molar refractivity (Wildman–Crippen MR) is 64.4 cm³/mol. The molecule has 0 aliphatic carbocycles. The van der Waals surface area contributed by atoms with Crippen molar-refractivity contribution < 1.29 is 13.2 Å². The summed E-state index contributed by atoms with van der Waals surface area (Å²) in [5, 5.41) is 2.97. The Balaban J connectivity index is 3.12. The molecule has 0 heterocycles. The summed E-state index contributed by atoms with van der Waals surface area (Å²) in [6, 6.07) is 3.80. The fourth-order valence-electron chi connectivity index (χ4n) is 1.60. The number of alkyl halides is 3. The lowest BCUT2D eigenvalue weighted by Crippen LogP contribution is -2.20. The van der Waals surface area contributed by atoms with E-state index in [9.17, 15) is 13.2 Å². The van der Waals surface area contributed by atoms with Crippen molar-refractivity contribution >= 4 is 17.3 Å². The first-order valence-corrected chi connectivity index (χ1v) is 5.90. The van der Waals surface area contributed by atoms with Gasteiger partial charge in [0.05, 0.1) is 16.3 Å². The third kappa shape index (κ3) is 3.53. The fourth-order valence-corrected chi connectivity index (χ4v) is 1.83. The highest BCUT2D eigenvalue weighted by Gasteiger charge is 2.34. The molecule has 96 valence electrons. The maximum atomic E-state index is 12.8. The Morgan fingerprint density at radius 3 is 2.29 bits per heavy atom. The van der Waals surface area contributed by atoms with Crippen LogP contribution in [0.1, 0.15) is 32.3 Å². The summed E-state index contributed by atoms with van der Waals surface area (Å²) in [6.07, 6.45) is -2.89. The maximum absolute atomic E-state index is 12.8. The number of hydrogen-bond donors (Lipinski definition) is 1. The molecule has 1 nitrogen and oxygen atoms in total. The van der Waals surface area contributed by atoms with Crippen molar-refractivity contribution in [1.82, 2.24) is 0 Å². The summed E-state index contributed by atoms with van der Waals surface area (Å²) in [7, 11) is 0. The van der Waals surface area contributed by atoms with Gasteiger partial charge < -0.3 is 5.32 Å². The summed E-state index contributed by atoms with van der Waals surface area (Å²) < 4.78 is 38.4. The summed E-state index contributed by atoms with van der Waals surface area (Å²) in [5.41, 5.74) is -0.729. The third-order valence-electron chi connectivity index (χ3n) is 2.65. The van der Waals surface area contributed by atoms with Crippen molar-refractivity contribution in [3.8, 4) is 0 Å². The molecular formula is C12H15ClF3N. The van der Waals surface area contributed by atoms with E-state index in [1.165, 1.54) is 12.1 Å². The molecular weight excluding hydrogens is 251 g/mol. The quantitative estimate of drug-likeness (QED) is 0.811. The van der Waals surface area contributed by atoms with Gasteiger partial charge in [0.2, 0.25) is 0 Å². The molecule has 1 aromatic carbocycles. The molecule has 0 radical (unpaired) electrons. The fraction of sp³-hybridized carbons (Fsp3) is 0.500. The Morgan fingerprint density at radius 2 is 1.82 bits per heavy atom. The van der Waals surface area contributed by atoms with Gasteiger partial charge >= 0.3 is 6.18 Å². The SMILES string of the molecule is CCC(CC)Nc1c(Cl)cccc1C(F)(F)F. The Morgan fingerprint density at radius 1 is 1.24 bits per heavy atom. The van der Waals surface area contributed by atoms with Gasteiger partial charge in [0, 0.05) is 6.04 Å². The molecule has 1 N–H and O–H groups in total. The van der Waals surface area contributed by atoms with Gasteiger partial charge in [0.1, 0.15) is 0 Å². The van der Waals surface area contributed by atoms with E-state index < -0.39 is 11.7 Å². The highest BCUT2D eigenvalue weighted by Crippen LogP contribution is 2.38. The van der Waals surface area contributed by atoms with E-state index in [4.69, 9.17) is 11.6 Å². The molecule has 0 aliphatic rings. The first kappa shape index (κ1) is 14.2. The van der Waals surface area contributed by atoms with Gasteiger partial charge in [-0.1, -0.05) is 31.5 Å². The number of anilines is 1. The second-order valence-corrected chi connectivity index (χ2v) is 4.23. The van der Waals surface area contributed by atoms with Crippen LogP contribution in [0.4, 0.5) is 18.9 Å². The molecule has 0 bridgehead atoms. The molecule has 0 aliphatic heterocycles. The minimum Gasteiger partial charge on any atom is -0.381 e. The molecule has 0 unspecified atom stereocenters. The van der Waals surface area contributed by atoms with Gasteiger partial charge in [-0.2, -0.15) is 13.2 Å². The summed E-state index contributed by atoms with van der Waals surface area (Å²) in [5.74, 6) is 0. The number of para-hydroxylation sites is 1. The van der Waals surface area contributed by atoms with E-state index in [1.807, 2.05) is 13.8 Å². The average Bonchev–Trinajstić information content (AvgIpc) is 2.26. The average molecular weight is 266 g/mol. The van der Waals surface area contributed by atoms with Crippen LogP contribution in [0.3, 0.4) is 0 Å². The molecule has 0 aromatic heterocycles. The highest BCUT2D eigenvalue weighted by atomic mass is 35.5. The first-order chi connectivity index (χ1) is 7.90. The van der Waals surface area contributed by atoms with E-state index in [1.54, 1.807) is 0 Å². The molecule has 1 rings (SSSR count). The van der Waals surface area contributed by atoms with Crippen molar-refractivity contribution in [3.63, 3.8) is 0 Å². The molecule has 0 amide bonds. The number of hydrogen-bond acceptors (Lipinski definition) is 1. The zero-order valence-corrected chi connectivity index (χ0v) is 10.5. The number of nitrogens with one attached hydrogen (secondary N) is 1. The number of rotatable bonds is 4. The van der Waals surface area contributed by atoms with Crippen molar-refractivity contribution in [3.05, 3.63) is 28.8 Å². The van der Waals surface area contributed by atoms with E-state index in [0.717, 1.165) is 18.9 Å². The first-order valence-electron chi connectivity index (χ1n) is 5.52. The van der Waals surface area contributed by atoms with Gasteiger partial charge in [0.15, 0.2) is 0 Å². The zero-order valence-electron chi connectivity index (χ0n) is 9.74. The van der Waals surface area contributed by atoms with Crippen LogP contribution in [0.2, 0.25) is 5.02 Å². The van der Waals surface area contributed by atoms with Crippen molar-refractivity contribution in [2.75, 3.05) is 5.32 Å². The van der Waals surface area contributed by atoms with Crippen molar-refractivity contribution in [2.45, 2.75) is 38.9 Å². The number of halogens is 4. The van der Waals surface area contributed by atoms with Gasteiger partial charge in [-0.3, -0.25) is 0 Å². The summed E-state index contributed by atoms with van der Waals surface area (Å²) in [4.78, 5) is 0. The predicted octanol–water partition coefficient (Wildman–Crippen LogP) is 4.96. The van der Waals surface area contributed by atoms with Gasteiger partial charge in [-0.15, -0.1) is 0 Å². The smallest absolute Gasteiger partial charge is 0.381 e. The molecule has 5 heteroatoms. The van der Waals surface area contributed by atoms with Crippen LogP contribution < -0.4 is 5.32 Å². The minimum absolute atomic E-state index is 0.00370. The second kappa shape index (κ2) is 5.63. The maximum Gasteiger partial charge on any atom is 0.418 e. The van der Waals surface area contributed by atoms with Crippen molar-refractivity contribution in [2.24, 2.45) is 0 Å². The standard InChI is InChI=1S/C12H15ClF3N/c1-3-8(4-2)17-11-9(12(14,15)16)6-5-7-10(11)13/h5-8,17H,3-4H2,1-2H3. The topological polar surface area (TPSA) is 12.0 Å². The molecule has 0 saturated heterocycles. The van der Waals surface area contributed by atoms with Crippen LogP contribution in [-0.2, 0) is 6.18 Å². The largest absolute Gasteiger partial charge is 0.418 e. The van der Waals surface area contributed by atoms with Crippen LogP contribution >= 0.6 is 11.6 Å². The van der Waals surface area contributed by atoms with E-state index in [-0.39, 0.29) is 16.8 Å². The Bertz CT molecular complexity index is 373. The Kier molecular flexibility index (Phi) is 4.69. The lowest BCUT2D eigenvalue weighted by molar-refractivity contribution is -0.137. The Hall–Kier alpha value is -0.900. The van der Waals surface area contributed by atoms with Crippen molar-refractivity contribution in [1.29, 1.82) is 0 Å². The van der Waals surface area contributed by atoms with Crippen LogP contribution in [0.25, 0.3) is 0 Å². The molecule has 1 aromatic rings. The van der Waals surface area contributed by atoms with Crippen LogP contribution in [0.15, 0.2) is 18.2 Å². The van der Waals surface area contributed by atoms with E-state index in [2.05, 4.69) is 5.32 Å². The zero-order chi connectivity index (χ0) is 13.1. The normalized spacial score (nSPS) is 11.9. The van der Waals surface area contributed by atoms with Gasteiger partial charge in [-0.25, -0.2) is 0 Å². The summed E-state index contributed by atoms with van der Waals surface area (Å²) in [6.45, 7) is 3.84. The van der Waals surface area contributed by atoms with E-state index >= 15 is 0 Å². The minimum atomic E-state index is -4.39. The molecule has 0 fully saturated rings. The lowest BCUT2D eigenvalue weighted by atomic mass is 10.1.